The number of hydrogen-bond donors (Lipinski definition) is 0. The average Bonchev–Trinajstić information content (AvgIpc) is 2.47. The molecule has 0 fully saturated rings. The maximum Gasteiger partial charge on any atom is 0.126 e. The van der Waals surface area contributed by atoms with E-state index in [1.807, 2.05) is 37.3 Å². The number of rotatable bonds is 4. The minimum Gasteiger partial charge on any atom is -0.462 e. The Balaban J connectivity index is 2.34. The minimum absolute atomic E-state index is 0.867. The van der Waals surface area contributed by atoms with Crippen molar-refractivity contribution in [1.29, 1.82) is 0 Å². The van der Waals surface area contributed by atoms with Crippen LogP contribution in [-0.2, 0) is 0 Å². The minimum atomic E-state index is 0.867. The predicted molar refractivity (Wildman–Crippen MR) is 86.1 cm³/mol. The largest absolute Gasteiger partial charge is 0.462 e. The van der Waals surface area contributed by atoms with Crippen LogP contribution in [0.5, 0.6) is 5.75 Å². The van der Waals surface area contributed by atoms with Crippen LogP contribution in [0, 0.1) is 0 Å². The van der Waals surface area contributed by atoms with Gasteiger partial charge in [0.25, 0.3) is 0 Å². The number of hydrogen-bond acceptors (Lipinski definition) is 2. The molecular formula is C18H21NO. The molecule has 2 rings (SSSR count). The Labute approximate surface area is 121 Å². The standard InChI is InChI=1S/C18H21NO/c1-14(15(2)20-16-10-6-5-7-11-16)17-12-8-9-13-18(17)19(3)4/h5-13H,1-4H3. The Bertz CT molecular complexity index is 600. The summed E-state index contributed by atoms with van der Waals surface area (Å²) in [5, 5.41) is 0. The first-order chi connectivity index (χ1) is 9.59. The number of anilines is 1. The van der Waals surface area contributed by atoms with E-state index in [9.17, 15) is 0 Å². The number of nitrogens with zero attached hydrogens (tertiary/aromatic N) is 1. The van der Waals surface area contributed by atoms with Gasteiger partial charge in [-0.1, -0.05) is 36.4 Å². The van der Waals surface area contributed by atoms with Crippen LogP contribution in [0.25, 0.3) is 5.57 Å². The van der Waals surface area contributed by atoms with Crippen LogP contribution in [0.3, 0.4) is 0 Å². The molecule has 2 aromatic carbocycles. The fourth-order valence-corrected chi connectivity index (χ4v) is 2.11. The van der Waals surface area contributed by atoms with E-state index in [4.69, 9.17) is 4.74 Å². The van der Waals surface area contributed by atoms with Gasteiger partial charge in [0.2, 0.25) is 0 Å². The van der Waals surface area contributed by atoms with E-state index < -0.39 is 0 Å². The zero-order valence-electron chi connectivity index (χ0n) is 12.6. The Morgan fingerprint density at radius 3 is 2.10 bits per heavy atom. The molecule has 2 heteroatoms. The molecule has 0 aliphatic heterocycles. The molecule has 2 aromatic rings. The van der Waals surface area contributed by atoms with Crippen LogP contribution in [0.4, 0.5) is 5.69 Å². The fourth-order valence-electron chi connectivity index (χ4n) is 2.11. The van der Waals surface area contributed by atoms with Gasteiger partial charge in [-0.25, -0.2) is 0 Å². The number of ether oxygens (including phenoxy) is 1. The van der Waals surface area contributed by atoms with Gasteiger partial charge in [0.15, 0.2) is 0 Å². The summed E-state index contributed by atoms with van der Waals surface area (Å²) in [4.78, 5) is 2.12. The number of benzene rings is 2. The third kappa shape index (κ3) is 3.21. The van der Waals surface area contributed by atoms with E-state index in [-0.39, 0.29) is 0 Å². The van der Waals surface area contributed by atoms with Crippen molar-refractivity contribution in [2.45, 2.75) is 13.8 Å². The third-order valence-corrected chi connectivity index (χ3v) is 3.33. The zero-order valence-corrected chi connectivity index (χ0v) is 12.6. The molecule has 20 heavy (non-hydrogen) atoms. The lowest BCUT2D eigenvalue weighted by Gasteiger charge is -2.19. The van der Waals surface area contributed by atoms with Gasteiger partial charge in [-0.3, -0.25) is 0 Å². The monoisotopic (exact) mass is 267 g/mol. The topological polar surface area (TPSA) is 12.5 Å². The molecule has 0 radical (unpaired) electrons. The normalized spacial score (nSPS) is 11.8. The summed E-state index contributed by atoms with van der Waals surface area (Å²) >= 11 is 0. The molecule has 0 saturated carbocycles. The molecule has 2 nitrogen and oxygen atoms in total. The maximum absolute atomic E-state index is 5.93. The van der Waals surface area contributed by atoms with Crippen LogP contribution in [0.15, 0.2) is 60.4 Å². The lowest BCUT2D eigenvalue weighted by atomic mass is 10.0. The molecule has 0 bridgehead atoms. The summed E-state index contributed by atoms with van der Waals surface area (Å²) in [5.74, 6) is 1.79. The Kier molecular flexibility index (Phi) is 4.46. The molecule has 0 saturated heterocycles. The first-order valence-electron chi connectivity index (χ1n) is 6.76. The Morgan fingerprint density at radius 1 is 0.850 bits per heavy atom. The van der Waals surface area contributed by atoms with Crippen molar-refractivity contribution in [2.24, 2.45) is 0 Å². The first kappa shape index (κ1) is 14.2. The van der Waals surface area contributed by atoms with E-state index in [0.29, 0.717) is 0 Å². The number of allylic oxidation sites excluding steroid dienone is 2. The second kappa shape index (κ2) is 6.29. The van der Waals surface area contributed by atoms with Gasteiger partial charge >= 0.3 is 0 Å². The van der Waals surface area contributed by atoms with Crippen molar-refractivity contribution < 1.29 is 4.74 Å². The smallest absolute Gasteiger partial charge is 0.126 e. The van der Waals surface area contributed by atoms with Crippen molar-refractivity contribution in [2.75, 3.05) is 19.0 Å². The van der Waals surface area contributed by atoms with Crippen molar-refractivity contribution in [3.63, 3.8) is 0 Å². The highest BCUT2D eigenvalue weighted by Crippen LogP contribution is 2.28. The molecule has 0 amide bonds. The number of para-hydroxylation sites is 2. The summed E-state index contributed by atoms with van der Waals surface area (Å²) in [6, 6.07) is 18.2. The van der Waals surface area contributed by atoms with E-state index >= 15 is 0 Å². The molecule has 0 N–H and O–H groups in total. The van der Waals surface area contributed by atoms with Crippen LogP contribution in [-0.4, -0.2) is 14.1 Å². The maximum atomic E-state index is 5.93. The molecule has 0 spiro atoms. The summed E-state index contributed by atoms with van der Waals surface area (Å²) in [6.07, 6.45) is 0. The van der Waals surface area contributed by atoms with E-state index in [0.717, 1.165) is 17.1 Å². The zero-order chi connectivity index (χ0) is 14.5. The van der Waals surface area contributed by atoms with Crippen LogP contribution < -0.4 is 9.64 Å². The fraction of sp³-hybridized carbons (Fsp3) is 0.222. The SMILES string of the molecule is CC(Oc1ccccc1)=C(C)c1ccccc1N(C)C. The van der Waals surface area contributed by atoms with E-state index in [1.54, 1.807) is 0 Å². The Hall–Kier alpha value is -2.22. The van der Waals surface area contributed by atoms with Crippen molar-refractivity contribution in [3.8, 4) is 5.75 Å². The molecular weight excluding hydrogens is 246 g/mol. The molecule has 0 aliphatic carbocycles. The second-order valence-electron chi connectivity index (χ2n) is 5.01. The predicted octanol–water partition coefficient (Wildman–Crippen LogP) is 4.58. The van der Waals surface area contributed by atoms with Gasteiger partial charge < -0.3 is 9.64 Å². The molecule has 0 aliphatic rings. The van der Waals surface area contributed by atoms with Crippen LogP contribution >= 0.6 is 0 Å². The summed E-state index contributed by atoms with van der Waals surface area (Å²) < 4.78 is 5.93. The van der Waals surface area contributed by atoms with Gasteiger partial charge in [0.1, 0.15) is 11.5 Å². The first-order valence-corrected chi connectivity index (χ1v) is 6.76. The summed E-state index contributed by atoms with van der Waals surface area (Å²) in [6.45, 7) is 4.11. The molecule has 0 aromatic heterocycles. The highest BCUT2D eigenvalue weighted by Gasteiger charge is 2.09. The summed E-state index contributed by atoms with van der Waals surface area (Å²) in [7, 11) is 4.11. The van der Waals surface area contributed by atoms with Gasteiger partial charge in [0.05, 0.1) is 0 Å². The highest BCUT2D eigenvalue weighted by molar-refractivity contribution is 5.76. The highest BCUT2D eigenvalue weighted by atomic mass is 16.5. The lowest BCUT2D eigenvalue weighted by molar-refractivity contribution is 0.430. The van der Waals surface area contributed by atoms with Crippen molar-refractivity contribution in [1.82, 2.24) is 0 Å². The van der Waals surface area contributed by atoms with Crippen molar-refractivity contribution in [3.05, 3.63) is 65.9 Å². The van der Waals surface area contributed by atoms with Crippen LogP contribution in [0.2, 0.25) is 0 Å². The van der Waals surface area contributed by atoms with Gasteiger partial charge in [0, 0.05) is 25.3 Å². The van der Waals surface area contributed by atoms with Crippen LogP contribution in [0.1, 0.15) is 19.4 Å². The lowest BCUT2D eigenvalue weighted by Crippen LogP contribution is -2.11. The van der Waals surface area contributed by atoms with Crippen molar-refractivity contribution >= 4 is 11.3 Å². The molecule has 104 valence electrons. The molecule has 0 atom stereocenters. The van der Waals surface area contributed by atoms with E-state index in [1.165, 1.54) is 11.3 Å². The van der Waals surface area contributed by atoms with Gasteiger partial charge in [-0.05, 0) is 37.6 Å². The molecule has 0 unspecified atom stereocenters. The van der Waals surface area contributed by atoms with E-state index in [2.05, 4.69) is 50.2 Å². The molecule has 0 heterocycles. The van der Waals surface area contributed by atoms with Gasteiger partial charge in [-0.15, -0.1) is 0 Å². The quantitative estimate of drug-likeness (QED) is 0.752. The summed E-state index contributed by atoms with van der Waals surface area (Å²) in [5.41, 5.74) is 3.55. The average molecular weight is 267 g/mol. The Morgan fingerprint density at radius 2 is 1.45 bits per heavy atom. The van der Waals surface area contributed by atoms with Gasteiger partial charge in [-0.2, -0.15) is 0 Å². The third-order valence-electron chi connectivity index (χ3n) is 3.33. The second-order valence-corrected chi connectivity index (χ2v) is 5.01.